The Hall–Kier alpha value is -1.20. The Bertz CT molecular complexity index is 334. The summed E-state index contributed by atoms with van der Waals surface area (Å²) in [5.74, 6) is 0. The molecule has 3 N–H and O–H groups in total. The monoisotopic (exact) mass is 298 g/mol. The van der Waals surface area contributed by atoms with E-state index in [0.717, 1.165) is 0 Å². The van der Waals surface area contributed by atoms with E-state index in [1.54, 1.807) is 30.4 Å². The highest BCUT2D eigenvalue weighted by Gasteiger charge is 2.36. The minimum atomic E-state index is -1.28. The SMILES string of the molecule is C=C/C=C\C(=C/C=C)C1OC(O)C(O)CC1O.CC.CC. The van der Waals surface area contributed by atoms with Crippen molar-refractivity contribution in [2.24, 2.45) is 0 Å². The van der Waals surface area contributed by atoms with Gasteiger partial charge in [-0.1, -0.05) is 71.2 Å². The molecule has 122 valence electrons. The van der Waals surface area contributed by atoms with Gasteiger partial charge in [-0.15, -0.1) is 0 Å². The second-order valence-corrected chi connectivity index (χ2v) is 3.81. The fraction of sp³-hybridized carbons (Fsp3) is 0.529. The summed E-state index contributed by atoms with van der Waals surface area (Å²) in [5, 5.41) is 28.6. The average Bonchev–Trinajstić information content (AvgIpc) is 2.51. The number of allylic oxidation sites excluding steroid dienone is 4. The molecule has 4 unspecified atom stereocenters. The van der Waals surface area contributed by atoms with Crippen molar-refractivity contribution in [3.63, 3.8) is 0 Å². The van der Waals surface area contributed by atoms with Crippen LogP contribution in [0.4, 0.5) is 0 Å². The Kier molecular flexibility index (Phi) is 14.5. The fourth-order valence-corrected chi connectivity index (χ4v) is 1.68. The van der Waals surface area contributed by atoms with E-state index in [4.69, 9.17) is 4.74 Å². The zero-order chi connectivity index (χ0) is 16.8. The Morgan fingerprint density at radius 3 is 2.05 bits per heavy atom. The molecule has 1 saturated heterocycles. The van der Waals surface area contributed by atoms with Crippen LogP contribution in [0.5, 0.6) is 0 Å². The summed E-state index contributed by atoms with van der Waals surface area (Å²) in [6.07, 6.45) is 4.43. The van der Waals surface area contributed by atoms with Crippen LogP contribution in [-0.2, 0) is 4.74 Å². The van der Waals surface area contributed by atoms with Crippen LogP contribution < -0.4 is 0 Å². The summed E-state index contributed by atoms with van der Waals surface area (Å²) in [4.78, 5) is 0. The molecule has 1 aliphatic heterocycles. The first-order valence-corrected chi connectivity index (χ1v) is 7.41. The van der Waals surface area contributed by atoms with Crippen molar-refractivity contribution < 1.29 is 20.1 Å². The second kappa shape index (κ2) is 13.8. The van der Waals surface area contributed by atoms with Crippen molar-refractivity contribution in [2.75, 3.05) is 0 Å². The van der Waals surface area contributed by atoms with Gasteiger partial charge in [-0.3, -0.25) is 0 Å². The van der Waals surface area contributed by atoms with Crippen LogP contribution in [0.3, 0.4) is 0 Å². The van der Waals surface area contributed by atoms with Gasteiger partial charge < -0.3 is 20.1 Å². The summed E-state index contributed by atoms with van der Waals surface area (Å²) in [5.41, 5.74) is 0.665. The first-order chi connectivity index (χ1) is 10.1. The highest BCUT2D eigenvalue weighted by Crippen LogP contribution is 2.25. The third kappa shape index (κ3) is 7.97. The molecule has 0 aromatic carbocycles. The molecule has 4 atom stereocenters. The lowest BCUT2D eigenvalue weighted by molar-refractivity contribution is -0.235. The minimum absolute atomic E-state index is 0.0717. The molecule has 4 heteroatoms. The van der Waals surface area contributed by atoms with Crippen LogP contribution in [0.15, 0.2) is 49.1 Å². The predicted octanol–water partition coefficient (Wildman–Crippen LogP) is 2.72. The van der Waals surface area contributed by atoms with Crippen molar-refractivity contribution in [2.45, 2.75) is 58.7 Å². The van der Waals surface area contributed by atoms with Gasteiger partial charge in [-0.25, -0.2) is 0 Å². The highest BCUT2D eigenvalue weighted by atomic mass is 16.6. The lowest BCUT2D eigenvalue weighted by atomic mass is 9.95. The number of hydrogen-bond acceptors (Lipinski definition) is 4. The van der Waals surface area contributed by atoms with Gasteiger partial charge in [0.15, 0.2) is 6.29 Å². The van der Waals surface area contributed by atoms with Gasteiger partial charge >= 0.3 is 0 Å². The molecule has 0 aromatic heterocycles. The zero-order valence-corrected chi connectivity index (χ0v) is 13.6. The van der Waals surface area contributed by atoms with E-state index in [1.807, 2.05) is 27.7 Å². The van der Waals surface area contributed by atoms with Crippen LogP contribution in [0.25, 0.3) is 0 Å². The smallest absolute Gasteiger partial charge is 0.181 e. The first-order valence-electron chi connectivity index (χ1n) is 7.41. The van der Waals surface area contributed by atoms with Crippen molar-refractivity contribution in [1.82, 2.24) is 0 Å². The van der Waals surface area contributed by atoms with E-state index in [1.165, 1.54) is 0 Å². The van der Waals surface area contributed by atoms with E-state index in [9.17, 15) is 15.3 Å². The molecule has 0 radical (unpaired) electrons. The summed E-state index contributed by atoms with van der Waals surface area (Å²) in [6, 6.07) is 0. The van der Waals surface area contributed by atoms with E-state index in [-0.39, 0.29) is 6.42 Å². The average molecular weight is 298 g/mol. The van der Waals surface area contributed by atoms with E-state index in [2.05, 4.69) is 13.2 Å². The molecule has 1 aliphatic rings. The molecule has 1 rings (SSSR count). The summed E-state index contributed by atoms with van der Waals surface area (Å²) in [6.45, 7) is 15.1. The molecule has 0 saturated carbocycles. The van der Waals surface area contributed by atoms with E-state index >= 15 is 0 Å². The summed E-state index contributed by atoms with van der Waals surface area (Å²) in [7, 11) is 0. The van der Waals surface area contributed by atoms with Crippen LogP contribution in [0, 0.1) is 0 Å². The van der Waals surface area contributed by atoms with Gasteiger partial charge in [0.1, 0.15) is 12.2 Å². The third-order valence-electron chi connectivity index (χ3n) is 2.51. The topological polar surface area (TPSA) is 69.9 Å². The normalized spacial score (nSPS) is 28.8. The highest BCUT2D eigenvalue weighted by molar-refractivity contribution is 5.30. The molecule has 0 amide bonds. The van der Waals surface area contributed by atoms with Crippen LogP contribution in [-0.4, -0.2) is 39.9 Å². The first kappa shape index (κ1) is 22.1. The molecular formula is C17H30O4. The Morgan fingerprint density at radius 1 is 1.00 bits per heavy atom. The molecular weight excluding hydrogens is 268 g/mol. The maximum atomic E-state index is 9.82. The number of ether oxygens (including phenoxy) is 1. The van der Waals surface area contributed by atoms with Crippen molar-refractivity contribution in [3.8, 4) is 0 Å². The molecule has 0 aromatic rings. The van der Waals surface area contributed by atoms with Gasteiger partial charge in [0.05, 0.1) is 6.10 Å². The number of rotatable bonds is 4. The third-order valence-corrected chi connectivity index (χ3v) is 2.51. The Morgan fingerprint density at radius 2 is 1.57 bits per heavy atom. The zero-order valence-electron chi connectivity index (χ0n) is 13.6. The van der Waals surface area contributed by atoms with Gasteiger partial charge in [0.25, 0.3) is 0 Å². The molecule has 0 spiro atoms. The van der Waals surface area contributed by atoms with Gasteiger partial charge in [-0.2, -0.15) is 0 Å². The van der Waals surface area contributed by atoms with Crippen LogP contribution in [0.1, 0.15) is 34.1 Å². The second-order valence-electron chi connectivity index (χ2n) is 3.81. The number of hydrogen-bond donors (Lipinski definition) is 3. The van der Waals surface area contributed by atoms with Crippen LogP contribution in [0.2, 0.25) is 0 Å². The lowest BCUT2D eigenvalue weighted by Crippen LogP contribution is -2.47. The molecule has 21 heavy (non-hydrogen) atoms. The number of aliphatic hydroxyl groups excluding tert-OH is 3. The summed E-state index contributed by atoms with van der Waals surface area (Å²) < 4.78 is 5.18. The van der Waals surface area contributed by atoms with E-state index in [0.29, 0.717) is 5.57 Å². The largest absolute Gasteiger partial charge is 0.390 e. The van der Waals surface area contributed by atoms with Crippen molar-refractivity contribution in [1.29, 1.82) is 0 Å². The number of aliphatic hydroxyl groups is 3. The Balaban J connectivity index is 0. The molecule has 0 aliphatic carbocycles. The van der Waals surface area contributed by atoms with Gasteiger partial charge in [0, 0.05) is 6.42 Å². The predicted molar refractivity (Wildman–Crippen MR) is 87.8 cm³/mol. The standard InChI is InChI=1S/C13H18O4.2C2H6/c1-3-5-7-9(6-4-2)12-10(14)8-11(15)13(16)17-12;2*1-2/h3-7,10-16H,1-2,8H2;2*1-2H3/b7-5-,9-6+;;. The van der Waals surface area contributed by atoms with Crippen molar-refractivity contribution in [3.05, 3.63) is 49.1 Å². The van der Waals surface area contributed by atoms with Gasteiger partial charge in [-0.05, 0) is 5.57 Å². The molecule has 1 heterocycles. The molecule has 0 bridgehead atoms. The fourth-order valence-electron chi connectivity index (χ4n) is 1.68. The van der Waals surface area contributed by atoms with Crippen molar-refractivity contribution >= 4 is 0 Å². The summed E-state index contributed by atoms with van der Waals surface area (Å²) >= 11 is 0. The maximum Gasteiger partial charge on any atom is 0.181 e. The lowest BCUT2D eigenvalue weighted by Gasteiger charge is -2.35. The molecule has 4 nitrogen and oxygen atoms in total. The molecule has 1 fully saturated rings. The maximum absolute atomic E-state index is 9.82. The van der Waals surface area contributed by atoms with Gasteiger partial charge in [0.2, 0.25) is 0 Å². The minimum Gasteiger partial charge on any atom is -0.390 e. The quantitative estimate of drug-likeness (QED) is 0.698. The Labute approximate surface area is 128 Å². The van der Waals surface area contributed by atoms with E-state index < -0.39 is 24.6 Å². The van der Waals surface area contributed by atoms with Crippen LogP contribution >= 0.6 is 0 Å².